The maximum absolute atomic E-state index is 9.71. The Hall–Kier alpha value is -1.29. The summed E-state index contributed by atoms with van der Waals surface area (Å²) in [5.74, 6) is 0.686. The van der Waals surface area contributed by atoms with Crippen LogP contribution in [0.25, 0.3) is 0 Å². The van der Waals surface area contributed by atoms with Gasteiger partial charge in [0.1, 0.15) is 7.05 Å². The molecule has 90 valence electrons. The third-order valence-electron chi connectivity index (χ3n) is 2.53. The molecule has 1 aromatic heterocycles. The van der Waals surface area contributed by atoms with E-state index in [0.29, 0.717) is 18.9 Å². The Morgan fingerprint density at radius 2 is 2.19 bits per heavy atom. The number of nitrogens with zero attached hydrogens (tertiary/aromatic N) is 1. The Balaban J connectivity index is 2.63. The molecule has 0 saturated carbocycles. The molecule has 0 aromatic carbocycles. The van der Waals surface area contributed by atoms with Gasteiger partial charge in [-0.05, 0) is 6.42 Å². The molecule has 0 aliphatic heterocycles. The average Bonchev–Trinajstić information content (AvgIpc) is 2.28. The summed E-state index contributed by atoms with van der Waals surface area (Å²) < 4.78 is 7.38. The summed E-state index contributed by atoms with van der Waals surface area (Å²) in [5.41, 5.74) is 6.41. The molecule has 3 N–H and O–H groups in total. The van der Waals surface area contributed by atoms with Gasteiger partial charge in [-0.2, -0.15) is 0 Å². The zero-order valence-electron chi connectivity index (χ0n) is 10.1. The molecule has 0 fully saturated rings. The summed E-state index contributed by atoms with van der Waals surface area (Å²) >= 11 is 0. The van der Waals surface area contributed by atoms with E-state index >= 15 is 0 Å². The molecule has 1 aromatic rings. The van der Waals surface area contributed by atoms with Crippen LogP contribution in [0, 0.1) is 0 Å². The second-order valence-electron chi connectivity index (χ2n) is 3.88. The molecule has 0 saturated heterocycles. The molecular weight excluding hydrogens is 204 g/mol. The number of rotatable bonds is 6. The number of nitrogens with two attached hydrogens (primary N) is 1. The lowest BCUT2D eigenvalue weighted by Crippen LogP contribution is -2.34. The number of aryl methyl sites for hydroxylation is 1. The van der Waals surface area contributed by atoms with Crippen LogP contribution in [0.5, 0.6) is 11.5 Å². The number of pyridine rings is 1. The van der Waals surface area contributed by atoms with E-state index in [1.807, 2.05) is 11.6 Å². The predicted molar refractivity (Wildman–Crippen MR) is 62.2 cm³/mol. The van der Waals surface area contributed by atoms with Crippen molar-refractivity contribution in [1.29, 1.82) is 0 Å². The molecule has 4 nitrogen and oxygen atoms in total. The van der Waals surface area contributed by atoms with Gasteiger partial charge in [0.2, 0.25) is 11.9 Å². The fourth-order valence-corrected chi connectivity index (χ4v) is 1.50. The maximum atomic E-state index is 9.71. The maximum Gasteiger partial charge on any atom is 0.225 e. The molecule has 0 atom stereocenters. The number of ether oxygens (including phenoxy) is 1. The Kier molecular flexibility index (Phi) is 5.05. The van der Waals surface area contributed by atoms with Gasteiger partial charge < -0.3 is 15.6 Å². The van der Waals surface area contributed by atoms with E-state index in [0.717, 1.165) is 25.0 Å². The summed E-state index contributed by atoms with van der Waals surface area (Å²) in [6.07, 6.45) is 5.09. The van der Waals surface area contributed by atoms with Crippen LogP contribution in [0.2, 0.25) is 0 Å². The van der Waals surface area contributed by atoms with Gasteiger partial charge in [-0.3, -0.25) is 0 Å². The van der Waals surface area contributed by atoms with Crippen molar-refractivity contribution in [1.82, 2.24) is 0 Å². The topological polar surface area (TPSA) is 59.4 Å². The Morgan fingerprint density at radius 1 is 1.44 bits per heavy atom. The van der Waals surface area contributed by atoms with E-state index in [2.05, 4.69) is 6.92 Å². The first-order valence-corrected chi connectivity index (χ1v) is 5.73. The summed E-state index contributed by atoms with van der Waals surface area (Å²) in [6, 6.07) is 1.65. The van der Waals surface area contributed by atoms with E-state index in [-0.39, 0.29) is 5.75 Å². The van der Waals surface area contributed by atoms with Crippen molar-refractivity contribution in [2.45, 2.75) is 32.7 Å². The smallest absolute Gasteiger partial charge is 0.225 e. The fourth-order valence-electron chi connectivity index (χ4n) is 1.50. The minimum Gasteiger partial charge on any atom is -0.504 e. The second kappa shape index (κ2) is 6.33. The van der Waals surface area contributed by atoms with Crippen molar-refractivity contribution < 1.29 is 14.4 Å². The number of hydrogen-bond acceptors (Lipinski definition) is 3. The fraction of sp³-hybridized carbons (Fsp3) is 0.583. The number of aromatic hydroxyl groups is 1. The van der Waals surface area contributed by atoms with Crippen LogP contribution in [-0.4, -0.2) is 11.7 Å². The minimum absolute atomic E-state index is 0.162. The van der Waals surface area contributed by atoms with Crippen LogP contribution in [0.3, 0.4) is 0 Å². The van der Waals surface area contributed by atoms with Crippen LogP contribution >= 0.6 is 0 Å². The Bertz CT molecular complexity index is 340. The lowest BCUT2D eigenvalue weighted by molar-refractivity contribution is -0.679. The van der Waals surface area contributed by atoms with Crippen molar-refractivity contribution in [3.8, 4) is 11.5 Å². The molecule has 0 bridgehead atoms. The largest absolute Gasteiger partial charge is 0.504 e. The third-order valence-corrected chi connectivity index (χ3v) is 2.53. The summed E-state index contributed by atoms with van der Waals surface area (Å²) in [5, 5.41) is 9.71. The second-order valence-corrected chi connectivity index (χ2v) is 3.88. The molecule has 1 heterocycles. The van der Waals surface area contributed by atoms with E-state index in [4.69, 9.17) is 10.5 Å². The first-order valence-electron chi connectivity index (χ1n) is 5.73. The molecule has 0 unspecified atom stereocenters. The SMILES string of the molecule is CCCCCOc1c[n+](C)c(CN)cc1O. The van der Waals surface area contributed by atoms with Gasteiger partial charge >= 0.3 is 0 Å². The van der Waals surface area contributed by atoms with E-state index in [1.165, 1.54) is 0 Å². The summed E-state index contributed by atoms with van der Waals surface area (Å²) in [4.78, 5) is 0. The highest BCUT2D eigenvalue weighted by Gasteiger charge is 2.12. The predicted octanol–water partition coefficient (Wildman–Crippen LogP) is 1.24. The van der Waals surface area contributed by atoms with Gasteiger partial charge in [0.15, 0.2) is 11.4 Å². The third kappa shape index (κ3) is 3.38. The van der Waals surface area contributed by atoms with Crippen LogP contribution in [0.15, 0.2) is 12.3 Å². The highest BCUT2D eigenvalue weighted by molar-refractivity contribution is 5.35. The van der Waals surface area contributed by atoms with Gasteiger partial charge in [0.25, 0.3) is 0 Å². The normalized spacial score (nSPS) is 10.4. The standard InChI is InChI=1S/C12H20N2O2/c1-3-4-5-6-16-12-9-14(2)10(8-13)7-11(12)15/h7,9H,3-6,8,13H2,1-2H3/p+1. The van der Waals surface area contributed by atoms with Crippen molar-refractivity contribution >= 4 is 0 Å². The quantitative estimate of drug-likeness (QED) is 0.566. The van der Waals surface area contributed by atoms with Gasteiger partial charge in [0.05, 0.1) is 19.2 Å². The van der Waals surface area contributed by atoms with Crippen LogP contribution in [-0.2, 0) is 13.6 Å². The highest BCUT2D eigenvalue weighted by atomic mass is 16.5. The van der Waals surface area contributed by atoms with Gasteiger partial charge in [0, 0.05) is 0 Å². The van der Waals surface area contributed by atoms with Gasteiger partial charge in [-0.15, -0.1) is 0 Å². The molecule has 0 spiro atoms. The molecule has 0 amide bonds. The Labute approximate surface area is 96.7 Å². The molecular formula is C12H21N2O2+. The zero-order chi connectivity index (χ0) is 12.0. The first-order chi connectivity index (χ1) is 7.69. The minimum atomic E-state index is 0.162. The molecule has 4 heteroatoms. The zero-order valence-corrected chi connectivity index (χ0v) is 10.1. The van der Waals surface area contributed by atoms with Crippen molar-refractivity contribution in [2.24, 2.45) is 12.8 Å². The lowest BCUT2D eigenvalue weighted by Gasteiger charge is -2.07. The van der Waals surface area contributed by atoms with Gasteiger partial charge in [-0.1, -0.05) is 19.8 Å². The lowest BCUT2D eigenvalue weighted by atomic mass is 10.2. The van der Waals surface area contributed by atoms with E-state index in [1.54, 1.807) is 12.3 Å². The van der Waals surface area contributed by atoms with Crippen LogP contribution in [0.1, 0.15) is 31.9 Å². The summed E-state index contributed by atoms with van der Waals surface area (Å²) in [6.45, 7) is 3.19. The number of hydrogen-bond donors (Lipinski definition) is 2. The first kappa shape index (κ1) is 12.8. The average molecular weight is 225 g/mol. The van der Waals surface area contributed by atoms with Crippen LogP contribution < -0.4 is 15.0 Å². The number of unbranched alkanes of at least 4 members (excludes halogenated alkanes) is 2. The van der Waals surface area contributed by atoms with Crippen molar-refractivity contribution in [3.05, 3.63) is 18.0 Å². The highest BCUT2D eigenvalue weighted by Crippen LogP contribution is 2.24. The molecule has 16 heavy (non-hydrogen) atoms. The van der Waals surface area contributed by atoms with Crippen molar-refractivity contribution in [2.75, 3.05) is 6.61 Å². The molecule has 0 radical (unpaired) electrons. The van der Waals surface area contributed by atoms with E-state index in [9.17, 15) is 5.11 Å². The Morgan fingerprint density at radius 3 is 2.81 bits per heavy atom. The van der Waals surface area contributed by atoms with Crippen molar-refractivity contribution in [3.63, 3.8) is 0 Å². The van der Waals surface area contributed by atoms with Gasteiger partial charge in [-0.25, -0.2) is 4.57 Å². The monoisotopic (exact) mass is 225 g/mol. The van der Waals surface area contributed by atoms with E-state index < -0.39 is 0 Å². The summed E-state index contributed by atoms with van der Waals surface area (Å²) in [7, 11) is 1.89. The molecule has 1 rings (SSSR count). The van der Waals surface area contributed by atoms with Crippen LogP contribution in [0.4, 0.5) is 0 Å². The number of aromatic nitrogens is 1. The molecule has 0 aliphatic rings. The molecule has 0 aliphatic carbocycles.